The number of rotatable bonds is 7. The number of hydrogen-bond acceptors (Lipinski definition) is 7. The lowest BCUT2D eigenvalue weighted by Gasteiger charge is -2.25. The van der Waals surface area contributed by atoms with E-state index in [1.165, 1.54) is 23.8 Å². The molecule has 2 aromatic carbocycles. The van der Waals surface area contributed by atoms with Crippen molar-refractivity contribution in [2.24, 2.45) is 4.99 Å². The smallest absolute Gasteiger partial charge is 0.387 e. The van der Waals surface area contributed by atoms with Crippen LogP contribution in [0.4, 0.5) is 8.78 Å². The first-order chi connectivity index (χ1) is 17.2. The van der Waals surface area contributed by atoms with Gasteiger partial charge in [0.05, 0.1) is 35.1 Å². The summed E-state index contributed by atoms with van der Waals surface area (Å²) in [6.45, 7) is 2.16. The molecule has 1 aliphatic heterocycles. The number of esters is 1. The highest BCUT2D eigenvalue weighted by molar-refractivity contribution is 7.07. The second-order valence-corrected chi connectivity index (χ2v) is 9.24. The van der Waals surface area contributed by atoms with E-state index < -0.39 is 24.2 Å². The van der Waals surface area contributed by atoms with Crippen LogP contribution in [-0.4, -0.2) is 30.4 Å². The highest BCUT2D eigenvalue weighted by atomic mass is 32.1. The summed E-state index contributed by atoms with van der Waals surface area (Å²) in [7, 11) is 1.53. The molecule has 7 nitrogen and oxygen atoms in total. The highest BCUT2D eigenvalue weighted by Gasteiger charge is 2.34. The summed E-state index contributed by atoms with van der Waals surface area (Å²) in [6, 6.07) is 12.4. The molecule has 0 saturated heterocycles. The van der Waals surface area contributed by atoms with E-state index in [1.807, 2.05) is 0 Å². The molecule has 0 unspecified atom stereocenters. The number of allylic oxidation sites excluding steroid dienone is 1. The maximum atomic E-state index is 13.7. The van der Waals surface area contributed by atoms with E-state index in [0.717, 1.165) is 11.3 Å². The molecule has 4 rings (SSSR count). The zero-order valence-electron chi connectivity index (χ0n) is 20.0. The van der Waals surface area contributed by atoms with Crippen molar-refractivity contribution < 1.29 is 27.8 Å². The van der Waals surface area contributed by atoms with Crippen molar-refractivity contribution in [2.45, 2.75) is 39.5 Å². The predicted octanol–water partition coefficient (Wildman–Crippen LogP) is 3.80. The number of benzene rings is 2. The molecule has 0 saturated carbocycles. The molecule has 0 spiro atoms. The van der Waals surface area contributed by atoms with Crippen LogP contribution in [0.5, 0.6) is 11.5 Å². The van der Waals surface area contributed by atoms with E-state index in [-0.39, 0.29) is 22.0 Å². The monoisotopic (exact) mass is 514 g/mol. The Morgan fingerprint density at radius 2 is 1.92 bits per heavy atom. The normalized spacial score (nSPS) is 15.7. The fourth-order valence-corrected chi connectivity index (χ4v) is 4.97. The van der Waals surface area contributed by atoms with Gasteiger partial charge in [-0.2, -0.15) is 8.78 Å². The van der Waals surface area contributed by atoms with Crippen LogP contribution < -0.4 is 24.4 Å². The van der Waals surface area contributed by atoms with Gasteiger partial charge in [-0.25, -0.2) is 9.79 Å². The Hall–Kier alpha value is -3.79. The summed E-state index contributed by atoms with van der Waals surface area (Å²) >= 11 is 1.09. The fraction of sp³-hybridized carbons (Fsp3) is 0.269. The van der Waals surface area contributed by atoms with Gasteiger partial charge in [0.25, 0.3) is 5.56 Å². The Morgan fingerprint density at radius 1 is 1.17 bits per heavy atom. The summed E-state index contributed by atoms with van der Waals surface area (Å²) in [5.41, 5.74) is 1.17. The third-order valence-electron chi connectivity index (χ3n) is 5.42. The number of halogens is 2. The molecule has 188 valence electrons. The predicted molar refractivity (Wildman–Crippen MR) is 131 cm³/mol. The Balaban J connectivity index is 1.94. The largest absolute Gasteiger partial charge is 0.497 e. The number of ether oxygens (including phenoxy) is 3. The van der Waals surface area contributed by atoms with E-state index in [1.54, 1.807) is 63.2 Å². The summed E-state index contributed by atoms with van der Waals surface area (Å²) in [5.74, 6) is -0.0805. The lowest BCUT2D eigenvalue weighted by molar-refractivity contribution is -0.143. The first-order valence-corrected chi connectivity index (χ1v) is 11.9. The van der Waals surface area contributed by atoms with E-state index in [0.29, 0.717) is 27.4 Å². The third-order valence-corrected chi connectivity index (χ3v) is 6.40. The van der Waals surface area contributed by atoms with E-state index in [2.05, 4.69) is 9.73 Å². The zero-order valence-corrected chi connectivity index (χ0v) is 20.8. The van der Waals surface area contributed by atoms with E-state index in [4.69, 9.17) is 9.47 Å². The number of thiazole rings is 1. The van der Waals surface area contributed by atoms with Crippen molar-refractivity contribution in [3.8, 4) is 11.5 Å². The van der Waals surface area contributed by atoms with E-state index >= 15 is 0 Å². The molecule has 0 radical (unpaired) electrons. The molecule has 36 heavy (non-hydrogen) atoms. The standard InChI is InChI=1S/C26H24F2N2O5S/c1-14(2)34-24(32)21-15(3)29-26-30(22(21)17-9-7-10-18(12-17)33-4)23(31)20(36-26)13-16-8-5-6-11-19(16)35-25(27)28/h5-14,22,25H,1-4H3/b20-13-/t22-/m1/s1. The Bertz CT molecular complexity index is 1510. The van der Waals surface area contributed by atoms with Gasteiger partial charge in [-0.3, -0.25) is 9.36 Å². The van der Waals surface area contributed by atoms with Crippen LogP contribution in [0.3, 0.4) is 0 Å². The average Bonchev–Trinajstić information content (AvgIpc) is 3.13. The maximum absolute atomic E-state index is 13.7. The number of para-hydroxylation sites is 1. The van der Waals surface area contributed by atoms with Crippen LogP contribution >= 0.6 is 11.3 Å². The molecule has 0 fully saturated rings. The van der Waals surface area contributed by atoms with Crippen LogP contribution in [0, 0.1) is 0 Å². The molecule has 0 bridgehead atoms. The van der Waals surface area contributed by atoms with Crippen LogP contribution in [0.2, 0.25) is 0 Å². The number of carbonyl (C=O) groups is 1. The number of nitrogens with zero attached hydrogens (tertiary/aromatic N) is 2. The summed E-state index contributed by atoms with van der Waals surface area (Å²) in [4.78, 5) is 31.7. The number of methoxy groups -OCH3 is 1. The minimum atomic E-state index is -3.01. The second kappa shape index (κ2) is 10.4. The molecule has 0 N–H and O–H groups in total. The van der Waals surface area contributed by atoms with Gasteiger partial charge < -0.3 is 14.2 Å². The van der Waals surface area contributed by atoms with Crippen molar-refractivity contribution in [1.82, 2.24) is 4.57 Å². The van der Waals surface area contributed by atoms with Crippen molar-refractivity contribution in [3.05, 3.63) is 90.6 Å². The molecule has 1 aromatic heterocycles. The van der Waals surface area contributed by atoms with Crippen molar-refractivity contribution in [1.29, 1.82) is 0 Å². The number of hydrogen-bond donors (Lipinski definition) is 0. The van der Waals surface area contributed by atoms with Crippen molar-refractivity contribution in [2.75, 3.05) is 7.11 Å². The SMILES string of the molecule is COc1cccc([C@@H]2C(C(=O)OC(C)C)=C(C)N=c3s/c(=C\c4ccccc4OC(F)F)c(=O)n32)c1. The van der Waals surface area contributed by atoms with Crippen LogP contribution in [0.15, 0.2) is 69.6 Å². The lowest BCUT2D eigenvalue weighted by Crippen LogP contribution is -2.40. The van der Waals surface area contributed by atoms with Gasteiger partial charge >= 0.3 is 12.6 Å². The molecule has 0 amide bonds. The van der Waals surface area contributed by atoms with Gasteiger partial charge in [0.2, 0.25) is 0 Å². The quantitative estimate of drug-likeness (QED) is 0.449. The maximum Gasteiger partial charge on any atom is 0.387 e. The molecule has 1 aliphatic rings. The topological polar surface area (TPSA) is 79.1 Å². The first-order valence-electron chi connectivity index (χ1n) is 11.1. The number of carbonyl (C=O) groups excluding carboxylic acids is 1. The van der Waals surface area contributed by atoms with E-state index in [9.17, 15) is 18.4 Å². The summed E-state index contributed by atoms with van der Waals surface area (Å²) < 4.78 is 42.9. The van der Waals surface area contributed by atoms with Gasteiger partial charge in [-0.1, -0.05) is 41.7 Å². The van der Waals surface area contributed by atoms with Crippen LogP contribution in [0.1, 0.15) is 37.9 Å². The Labute approximate surface area is 209 Å². The average molecular weight is 515 g/mol. The molecule has 0 aliphatic carbocycles. The number of aromatic nitrogens is 1. The molecule has 3 aromatic rings. The molecule has 1 atom stereocenters. The second-order valence-electron chi connectivity index (χ2n) is 8.23. The molecular weight excluding hydrogens is 490 g/mol. The highest BCUT2D eigenvalue weighted by Crippen LogP contribution is 2.32. The van der Waals surface area contributed by atoms with Crippen LogP contribution in [0.25, 0.3) is 6.08 Å². The Kier molecular flexibility index (Phi) is 7.35. The lowest BCUT2D eigenvalue weighted by atomic mass is 9.95. The summed E-state index contributed by atoms with van der Waals surface area (Å²) in [6.07, 6.45) is 1.11. The van der Waals surface area contributed by atoms with Gasteiger partial charge in [0, 0.05) is 5.56 Å². The van der Waals surface area contributed by atoms with Crippen molar-refractivity contribution in [3.63, 3.8) is 0 Å². The molecular formula is C26H24F2N2O5S. The molecule has 2 heterocycles. The van der Waals surface area contributed by atoms with Crippen LogP contribution in [-0.2, 0) is 9.53 Å². The van der Waals surface area contributed by atoms with Gasteiger partial charge in [0.1, 0.15) is 11.5 Å². The van der Waals surface area contributed by atoms with Crippen molar-refractivity contribution >= 4 is 23.4 Å². The molecule has 10 heteroatoms. The minimum Gasteiger partial charge on any atom is -0.497 e. The Morgan fingerprint density at radius 3 is 2.61 bits per heavy atom. The first kappa shape index (κ1) is 25.3. The zero-order chi connectivity index (χ0) is 26.0. The summed E-state index contributed by atoms with van der Waals surface area (Å²) in [5, 5.41) is 0. The third kappa shape index (κ3) is 5.08. The van der Waals surface area contributed by atoms with Gasteiger partial charge in [-0.05, 0) is 50.6 Å². The minimum absolute atomic E-state index is 0.0555. The number of fused-ring (bicyclic) bond motifs is 1. The number of alkyl halides is 2. The van der Waals surface area contributed by atoms with Gasteiger partial charge in [0.15, 0.2) is 4.80 Å². The van der Waals surface area contributed by atoms with Gasteiger partial charge in [-0.15, -0.1) is 0 Å². The fourth-order valence-electron chi connectivity index (χ4n) is 3.93.